The number of hydrogen-bond donors (Lipinski definition) is 0. The van der Waals surface area contributed by atoms with Crippen molar-refractivity contribution < 1.29 is 8.92 Å². The summed E-state index contributed by atoms with van der Waals surface area (Å²) in [6.07, 6.45) is 1.47. The van der Waals surface area contributed by atoms with E-state index in [1.807, 2.05) is 0 Å². The highest BCUT2D eigenvalue weighted by Crippen LogP contribution is 2.15. The molecule has 1 heterocycles. The fraction of sp³-hybridized carbons (Fsp3) is 1.00. The lowest BCUT2D eigenvalue weighted by molar-refractivity contribution is 0.0559. The van der Waals surface area contributed by atoms with Gasteiger partial charge in [-0.1, -0.05) is 0 Å². The van der Waals surface area contributed by atoms with Crippen LogP contribution >= 0.6 is 12.0 Å². The summed E-state index contributed by atoms with van der Waals surface area (Å²) in [6, 6.07) is 0. The lowest BCUT2D eigenvalue weighted by Gasteiger charge is -2.18. The first-order valence-electron chi connectivity index (χ1n) is 2.70. The largest absolute Gasteiger partial charge is 0.379 e. The van der Waals surface area contributed by atoms with Gasteiger partial charge in [-0.25, -0.2) is 0 Å². The van der Waals surface area contributed by atoms with E-state index in [0.29, 0.717) is 6.10 Å². The first-order valence-corrected chi connectivity index (χ1v) is 3.62. The van der Waals surface area contributed by atoms with Crippen LogP contribution in [0.3, 0.4) is 0 Å². The summed E-state index contributed by atoms with van der Waals surface area (Å²) in [5, 5.41) is 0. The van der Waals surface area contributed by atoms with E-state index < -0.39 is 0 Å². The highest BCUT2D eigenvalue weighted by atomic mass is 32.2. The summed E-state index contributed by atoms with van der Waals surface area (Å²) in [7, 11) is 1.73. The zero-order valence-corrected chi connectivity index (χ0v) is 5.74. The van der Waals surface area contributed by atoms with Crippen molar-refractivity contribution in [2.45, 2.75) is 12.5 Å². The van der Waals surface area contributed by atoms with E-state index in [4.69, 9.17) is 8.92 Å². The second kappa shape index (κ2) is 3.33. The van der Waals surface area contributed by atoms with Crippen LogP contribution in [-0.2, 0) is 8.92 Å². The highest BCUT2D eigenvalue weighted by molar-refractivity contribution is 7.94. The first-order chi connectivity index (χ1) is 3.93. The Bertz CT molecular complexity index is 61.4. The van der Waals surface area contributed by atoms with Crippen molar-refractivity contribution in [3.8, 4) is 0 Å². The smallest absolute Gasteiger partial charge is 0.0876 e. The molecule has 0 aliphatic carbocycles. The summed E-state index contributed by atoms with van der Waals surface area (Å²) < 4.78 is 10.1. The highest BCUT2D eigenvalue weighted by Gasteiger charge is 2.12. The average Bonchev–Trinajstić information content (AvgIpc) is 1.90. The van der Waals surface area contributed by atoms with Gasteiger partial charge >= 0.3 is 0 Å². The lowest BCUT2D eigenvalue weighted by atomic mass is 10.3. The Morgan fingerprint density at radius 2 is 2.62 bits per heavy atom. The number of methoxy groups -OCH3 is 1. The third kappa shape index (κ3) is 1.65. The minimum absolute atomic E-state index is 0.344. The molecular formula is C5H10O2S. The normalized spacial score (nSPS) is 30.4. The molecule has 3 heteroatoms. The van der Waals surface area contributed by atoms with Crippen LogP contribution in [0, 0.1) is 0 Å². The number of hydrogen-bond acceptors (Lipinski definition) is 3. The Labute approximate surface area is 53.8 Å². The van der Waals surface area contributed by atoms with Gasteiger partial charge in [-0.3, -0.25) is 0 Å². The standard InChI is InChI=1S/C5H10O2S/c1-6-5-2-3-8-7-4-5/h5H,2-4H2,1H3. The molecule has 2 nitrogen and oxygen atoms in total. The second-order valence-electron chi connectivity index (χ2n) is 1.75. The van der Waals surface area contributed by atoms with Gasteiger partial charge in [-0.15, -0.1) is 0 Å². The maximum atomic E-state index is 5.06. The molecule has 0 amide bonds. The van der Waals surface area contributed by atoms with E-state index in [1.165, 1.54) is 12.0 Å². The SMILES string of the molecule is COC1CCSOC1. The molecule has 0 saturated carbocycles. The summed E-state index contributed by atoms with van der Waals surface area (Å²) in [6.45, 7) is 0.751. The third-order valence-electron chi connectivity index (χ3n) is 1.19. The quantitative estimate of drug-likeness (QED) is 0.500. The topological polar surface area (TPSA) is 18.5 Å². The maximum absolute atomic E-state index is 5.06. The van der Waals surface area contributed by atoms with Crippen LogP contribution in [0.15, 0.2) is 0 Å². The van der Waals surface area contributed by atoms with E-state index in [2.05, 4.69) is 0 Å². The molecule has 1 aliphatic rings. The molecule has 0 radical (unpaired) electrons. The second-order valence-corrected chi connectivity index (χ2v) is 2.63. The Balaban J connectivity index is 2.13. The van der Waals surface area contributed by atoms with Crippen molar-refractivity contribution in [2.75, 3.05) is 19.5 Å². The van der Waals surface area contributed by atoms with Crippen LogP contribution < -0.4 is 0 Å². The van der Waals surface area contributed by atoms with Crippen molar-refractivity contribution in [2.24, 2.45) is 0 Å². The molecule has 1 aliphatic heterocycles. The summed E-state index contributed by atoms with van der Waals surface area (Å²) in [5.41, 5.74) is 0. The Hall–Kier alpha value is 0.270. The average molecular weight is 134 g/mol. The van der Waals surface area contributed by atoms with Crippen LogP contribution in [-0.4, -0.2) is 25.6 Å². The molecule has 0 aromatic rings. The Morgan fingerprint density at radius 3 is 3.00 bits per heavy atom. The van der Waals surface area contributed by atoms with Crippen molar-refractivity contribution in [3.05, 3.63) is 0 Å². The lowest BCUT2D eigenvalue weighted by Crippen LogP contribution is -2.21. The van der Waals surface area contributed by atoms with Crippen LogP contribution in [0.5, 0.6) is 0 Å². The van der Waals surface area contributed by atoms with E-state index >= 15 is 0 Å². The fourth-order valence-electron chi connectivity index (χ4n) is 0.632. The fourth-order valence-corrected chi connectivity index (χ4v) is 1.36. The van der Waals surface area contributed by atoms with Gasteiger partial charge in [0.25, 0.3) is 0 Å². The van der Waals surface area contributed by atoms with Crippen molar-refractivity contribution in [1.29, 1.82) is 0 Å². The number of ether oxygens (including phenoxy) is 1. The van der Waals surface area contributed by atoms with Crippen LogP contribution in [0.1, 0.15) is 6.42 Å². The van der Waals surface area contributed by atoms with Crippen LogP contribution in [0.4, 0.5) is 0 Å². The van der Waals surface area contributed by atoms with Crippen molar-refractivity contribution >= 4 is 12.0 Å². The van der Waals surface area contributed by atoms with Crippen molar-refractivity contribution in [1.82, 2.24) is 0 Å². The van der Waals surface area contributed by atoms with Gasteiger partial charge < -0.3 is 8.92 Å². The minimum atomic E-state index is 0.344. The molecule has 0 bridgehead atoms. The van der Waals surface area contributed by atoms with Gasteiger partial charge in [-0.2, -0.15) is 0 Å². The molecule has 1 unspecified atom stereocenters. The molecule has 1 fully saturated rings. The zero-order valence-electron chi connectivity index (χ0n) is 4.92. The van der Waals surface area contributed by atoms with Crippen LogP contribution in [0.25, 0.3) is 0 Å². The predicted octanol–water partition coefficient (Wildman–Crippen LogP) is 1.07. The Kier molecular flexibility index (Phi) is 2.66. The van der Waals surface area contributed by atoms with E-state index in [-0.39, 0.29) is 0 Å². The summed E-state index contributed by atoms with van der Waals surface area (Å²) in [4.78, 5) is 0. The van der Waals surface area contributed by atoms with Gasteiger partial charge in [-0.05, 0) is 18.5 Å². The van der Waals surface area contributed by atoms with Gasteiger partial charge in [0.05, 0.1) is 12.7 Å². The monoisotopic (exact) mass is 134 g/mol. The molecule has 0 aromatic carbocycles. The Morgan fingerprint density at radius 1 is 1.75 bits per heavy atom. The minimum Gasteiger partial charge on any atom is -0.379 e. The van der Waals surface area contributed by atoms with Gasteiger partial charge in [0.1, 0.15) is 0 Å². The molecule has 0 aromatic heterocycles. The summed E-state index contributed by atoms with van der Waals surface area (Å²) in [5.74, 6) is 1.07. The third-order valence-corrected chi connectivity index (χ3v) is 1.90. The van der Waals surface area contributed by atoms with Gasteiger partial charge in [0.15, 0.2) is 0 Å². The molecule has 1 saturated heterocycles. The maximum Gasteiger partial charge on any atom is 0.0876 e. The van der Waals surface area contributed by atoms with Crippen molar-refractivity contribution in [3.63, 3.8) is 0 Å². The van der Waals surface area contributed by atoms with Gasteiger partial charge in [0, 0.05) is 12.9 Å². The molecule has 0 spiro atoms. The van der Waals surface area contributed by atoms with E-state index in [9.17, 15) is 0 Å². The zero-order chi connectivity index (χ0) is 5.82. The number of rotatable bonds is 1. The van der Waals surface area contributed by atoms with Crippen LogP contribution in [0.2, 0.25) is 0 Å². The molecule has 1 atom stereocenters. The van der Waals surface area contributed by atoms with Gasteiger partial charge in [0.2, 0.25) is 0 Å². The summed E-state index contributed by atoms with van der Waals surface area (Å²) >= 11 is 1.53. The molecule has 1 rings (SSSR count). The predicted molar refractivity (Wildman–Crippen MR) is 33.8 cm³/mol. The first kappa shape index (κ1) is 6.39. The molecule has 8 heavy (non-hydrogen) atoms. The molecule has 0 N–H and O–H groups in total. The molecule has 48 valence electrons. The van der Waals surface area contributed by atoms with E-state index in [0.717, 1.165) is 18.8 Å². The molecular weight excluding hydrogens is 124 g/mol. The van der Waals surface area contributed by atoms with E-state index in [1.54, 1.807) is 7.11 Å².